The molecule has 3 rings (SSSR count). The molecule has 1 fully saturated rings. The Hall–Kier alpha value is -1.35. The van der Waals surface area contributed by atoms with Crippen LogP contribution in [0.1, 0.15) is 30.7 Å². The number of aromatic nitrogens is 2. The first-order valence-electron chi connectivity index (χ1n) is 5.88. The number of nitrogens with zero attached hydrogens (tertiary/aromatic N) is 2. The predicted molar refractivity (Wildman–Crippen MR) is 64.4 cm³/mol. The zero-order chi connectivity index (χ0) is 11.2. The molecule has 0 amide bonds. The van der Waals surface area contributed by atoms with Gasteiger partial charge in [-0.25, -0.2) is 4.98 Å². The molecule has 0 bridgehead atoms. The second-order valence-electron chi connectivity index (χ2n) is 4.98. The maximum atomic E-state index is 6.10. The number of hydrogen-bond acceptors (Lipinski definition) is 2. The molecule has 0 aliphatic heterocycles. The van der Waals surface area contributed by atoms with Crippen molar-refractivity contribution < 1.29 is 0 Å². The smallest absolute Gasteiger partial charge is 0.0997 e. The molecule has 1 aliphatic rings. The molecule has 0 unspecified atom stereocenters. The van der Waals surface area contributed by atoms with Crippen molar-refractivity contribution in [1.29, 1.82) is 0 Å². The SMILES string of the molecule is Cc1cccc2c(CCC3(N)CC3)ncn12. The van der Waals surface area contributed by atoms with Gasteiger partial charge in [0.2, 0.25) is 0 Å². The van der Waals surface area contributed by atoms with E-state index >= 15 is 0 Å². The van der Waals surface area contributed by atoms with E-state index in [2.05, 4.69) is 34.5 Å². The summed E-state index contributed by atoms with van der Waals surface area (Å²) >= 11 is 0. The van der Waals surface area contributed by atoms with E-state index in [1.165, 1.54) is 29.7 Å². The van der Waals surface area contributed by atoms with E-state index in [-0.39, 0.29) is 5.54 Å². The molecule has 84 valence electrons. The molecule has 3 nitrogen and oxygen atoms in total. The minimum Gasteiger partial charge on any atom is -0.325 e. The molecule has 3 heteroatoms. The van der Waals surface area contributed by atoms with Crippen LogP contribution in [0.5, 0.6) is 0 Å². The topological polar surface area (TPSA) is 43.3 Å². The summed E-state index contributed by atoms with van der Waals surface area (Å²) in [5, 5.41) is 0. The van der Waals surface area contributed by atoms with Crippen LogP contribution in [0.3, 0.4) is 0 Å². The Morgan fingerprint density at radius 2 is 2.25 bits per heavy atom. The zero-order valence-corrected chi connectivity index (χ0v) is 9.61. The lowest BCUT2D eigenvalue weighted by Gasteiger charge is -2.06. The van der Waals surface area contributed by atoms with Crippen molar-refractivity contribution in [2.75, 3.05) is 0 Å². The lowest BCUT2D eigenvalue weighted by molar-refractivity contribution is 0.606. The third-order valence-corrected chi connectivity index (χ3v) is 3.61. The summed E-state index contributed by atoms with van der Waals surface area (Å²) in [6, 6.07) is 6.32. The fraction of sp³-hybridized carbons (Fsp3) is 0.462. The Kier molecular flexibility index (Phi) is 2.04. The van der Waals surface area contributed by atoms with Crippen molar-refractivity contribution in [2.45, 2.75) is 38.1 Å². The Morgan fingerprint density at radius 3 is 3.00 bits per heavy atom. The van der Waals surface area contributed by atoms with Crippen LogP contribution in [-0.4, -0.2) is 14.9 Å². The summed E-state index contributed by atoms with van der Waals surface area (Å²) in [5.74, 6) is 0. The first-order chi connectivity index (χ1) is 7.68. The van der Waals surface area contributed by atoms with E-state index in [0.29, 0.717) is 0 Å². The van der Waals surface area contributed by atoms with E-state index < -0.39 is 0 Å². The zero-order valence-electron chi connectivity index (χ0n) is 9.61. The molecular weight excluding hydrogens is 198 g/mol. The minimum absolute atomic E-state index is 0.125. The second kappa shape index (κ2) is 3.32. The molecule has 0 saturated heterocycles. The molecule has 2 aromatic heterocycles. The number of aryl methyl sites for hydroxylation is 2. The molecule has 1 saturated carbocycles. The number of imidazole rings is 1. The monoisotopic (exact) mass is 215 g/mol. The highest BCUT2D eigenvalue weighted by molar-refractivity contribution is 5.53. The van der Waals surface area contributed by atoms with E-state index in [4.69, 9.17) is 5.73 Å². The molecule has 0 radical (unpaired) electrons. The summed E-state index contributed by atoms with van der Waals surface area (Å²) in [7, 11) is 0. The van der Waals surface area contributed by atoms with Crippen molar-refractivity contribution in [2.24, 2.45) is 5.73 Å². The molecule has 16 heavy (non-hydrogen) atoms. The van der Waals surface area contributed by atoms with Gasteiger partial charge in [-0.3, -0.25) is 0 Å². The molecule has 2 aromatic rings. The van der Waals surface area contributed by atoms with E-state index in [9.17, 15) is 0 Å². The fourth-order valence-corrected chi connectivity index (χ4v) is 2.18. The van der Waals surface area contributed by atoms with Crippen LogP contribution in [0.2, 0.25) is 0 Å². The van der Waals surface area contributed by atoms with Crippen LogP contribution in [0.25, 0.3) is 5.52 Å². The van der Waals surface area contributed by atoms with Crippen LogP contribution < -0.4 is 5.73 Å². The molecular formula is C13H17N3. The van der Waals surface area contributed by atoms with Gasteiger partial charge in [-0.1, -0.05) is 6.07 Å². The first-order valence-corrected chi connectivity index (χ1v) is 5.88. The molecule has 1 aliphatic carbocycles. The van der Waals surface area contributed by atoms with Crippen LogP contribution in [-0.2, 0) is 6.42 Å². The molecule has 2 N–H and O–H groups in total. The van der Waals surface area contributed by atoms with Gasteiger partial charge in [-0.05, 0) is 44.7 Å². The van der Waals surface area contributed by atoms with Crippen molar-refractivity contribution in [3.8, 4) is 0 Å². The van der Waals surface area contributed by atoms with Gasteiger partial charge in [-0.15, -0.1) is 0 Å². The summed E-state index contributed by atoms with van der Waals surface area (Å²) in [4.78, 5) is 4.49. The lowest BCUT2D eigenvalue weighted by atomic mass is 10.1. The third kappa shape index (κ3) is 1.61. The van der Waals surface area contributed by atoms with Gasteiger partial charge in [0, 0.05) is 11.2 Å². The largest absolute Gasteiger partial charge is 0.325 e. The lowest BCUT2D eigenvalue weighted by Crippen LogP contribution is -2.22. The maximum Gasteiger partial charge on any atom is 0.0997 e. The Bertz CT molecular complexity index is 523. The highest BCUT2D eigenvalue weighted by Crippen LogP contribution is 2.36. The van der Waals surface area contributed by atoms with Gasteiger partial charge in [0.25, 0.3) is 0 Å². The number of hydrogen-bond donors (Lipinski definition) is 1. The quantitative estimate of drug-likeness (QED) is 0.851. The fourth-order valence-electron chi connectivity index (χ4n) is 2.18. The molecule has 0 aromatic carbocycles. The molecule has 0 spiro atoms. The predicted octanol–water partition coefficient (Wildman–Crippen LogP) is 2.07. The molecule has 2 heterocycles. The Morgan fingerprint density at radius 1 is 1.44 bits per heavy atom. The number of nitrogens with two attached hydrogens (primary N) is 1. The van der Waals surface area contributed by atoms with Gasteiger partial charge >= 0.3 is 0 Å². The first kappa shape index (κ1) is 9.85. The van der Waals surface area contributed by atoms with Crippen LogP contribution in [0, 0.1) is 6.92 Å². The van der Waals surface area contributed by atoms with Crippen molar-refractivity contribution >= 4 is 5.52 Å². The highest BCUT2D eigenvalue weighted by Gasteiger charge is 2.37. The Labute approximate surface area is 95.3 Å². The van der Waals surface area contributed by atoms with Crippen molar-refractivity contribution in [1.82, 2.24) is 9.38 Å². The van der Waals surface area contributed by atoms with E-state index in [1.54, 1.807) is 0 Å². The number of fused-ring (bicyclic) bond motifs is 1. The van der Waals surface area contributed by atoms with Crippen LogP contribution >= 0.6 is 0 Å². The summed E-state index contributed by atoms with van der Waals surface area (Å²) in [6.45, 7) is 2.10. The normalized spacial score (nSPS) is 17.9. The standard InChI is InChI=1S/C13H17N3/c1-10-3-2-4-12-11(15-9-16(10)12)5-6-13(14)7-8-13/h2-4,9H,5-8,14H2,1H3. The summed E-state index contributed by atoms with van der Waals surface area (Å²) < 4.78 is 2.14. The van der Waals surface area contributed by atoms with E-state index in [1.807, 2.05) is 6.33 Å². The van der Waals surface area contributed by atoms with E-state index in [0.717, 1.165) is 12.8 Å². The van der Waals surface area contributed by atoms with Gasteiger partial charge in [0.1, 0.15) is 0 Å². The average Bonchev–Trinajstić information content (AvgIpc) is 2.86. The maximum absolute atomic E-state index is 6.10. The number of rotatable bonds is 3. The Balaban J connectivity index is 1.89. The molecule has 0 atom stereocenters. The van der Waals surface area contributed by atoms with Gasteiger partial charge in [0.15, 0.2) is 0 Å². The van der Waals surface area contributed by atoms with Crippen LogP contribution in [0.15, 0.2) is 24.5 Å². The third-order valence-electron chi connectivity index (χ3n) is 3.61. The minimum atomic E-state index is 0.125. The van der Waals surface area contributed by atoms with Crippen molar-refractivity contribution in [3.63, 3.8) is 0 Å². The van der Waals surface area contributed by atoms with Crippen LogP contribution in [0.4, 0.5) is 0 Å². The average molecular weight is 215 g/mol. The van der Waals surface area contributed by atoms with Gasteiger partial charge < -0.3 is 10.1 Å². The second-order valence-corrected chi connectivity index (χ2v) is 4.98. The van der Waals surface area contributed by atoms with Gasteiger partial charge in [-0.2, -0.15) is 0 Å². The van der Waals surface area contributed by atoms with Gasteiger partial charge in [0.05, 0.1) is 17.5 Å². The number of pyridine rings is 1. The highest BCUT2D eigenvalue weighted by atomic mass is 15.0. The van der Waals surface area contributed by atoms with Crippen molar-refractivity contribution in [3.05, 3.63) is 35.9 Å². The summed E-state index contributed by atoms with van der Waals surface area (Å²) in [6.07, 6.45) is 6.33. The summed E-state index contributed by atoms with van der Waals surface area (Å²) in [5.41, 5.74) is 9.86.